The number of aromatic nitrogens is 3. The summed E-state index contributed by atoms with van der Waals surface area (Å²) in [5.41, 5.74) is 1.86. The molecule has 1 saturated heterocycles. The summed E-state index contributed by atoms with van der Waals surface area (Å²) in [7, 11) is 0. The molecule has 0 spiro atoms. The first-order valence-corrected chi connectivity index (χ1v) is 12.4. The van der Waals surface area contributed by atoms with Crippen molar-refractivity contribution in [1.29, 1.82) is 0 Å². The van der Waals surface area contributed by atoms with Crippen LogP contribution in [-0.2, 0) is 4.79 Å². The van der Waals surface area contributed by atoms with Crippen LogP contribution in [-0.4, -0.2) is 63.6 Å². The van der Waals surface area contributed by atoms with Crippen molar-refractivity contribution in [3.63, 3.8) is 0 Å². The SMILES string of the molecule is CCC(=O)N1C[C@@H](F)[C@@H](NC(=O)c2c(C)[nH]c3c(-c4cc(C(F)F)ccc4OCC4CC4)ncnc23)C1. The van der Waals surface area contributed by atoms with Gasteiger partial charge in [-0.2, -0.15) is 0 Å². The molecule has 1 aromatic carbocycles. The summed E-state index contributed by atoms with van der Waals surface area (Å²) in [4.78, 5) is 38.4. The second-order valence-corrected chi connectivity index (χ2v) is 9.63. The number of rotatable bonds is 8. The lowest BCUT2D eigenvalue weighted by Gasteiger charge is -2.16. The lowest BCUT2D eigenvalue weighted by atomic mass is 10.0. The van der Waals surface area contributed by atoms with Crippen molar-refractivity contribution in [1.82, 2.24) is 25.2 Å². The average molecular weight is 516 g/mol. The molecule has 3 heterocycles. The van der Waals surface area contributed by atoms with E-state index < -0.39 is 24.5 Å². The van der Waals surface area contributed by atoms with Crippen molar-refractivity contribution >= 4 is 22.8 Å². The van der Waals surface area contributed by atoms with Gasteiger partial charge in [0, 0.05) is 29.8 Å². The van der Waals surface area contributed by atoms with Gasteiger partial charge >= 0.3 is 0 Å². The molecule has 11 heteroatoms. The fourth-order valence-electron chi connectivity index (χ4n) is 4.66. The van der Waals surface area contributed by atoms with Crippen LogP contribution in [0.5, 0.6) is 5.75 Å². The largest absolute Gasteiger partial charge is 0.493 e. The van der Waals surface area contributed by atoms with Crippen molar-refractivity contribution in [2.45, 2.75) is 51.7 Å². The van der Waals surface area contributed by atoms with Gasteiger partial charge in [0.25, 0.3) is 12.3 Å². The summed E-state index contributed by atoms with van der Waals surface area (Å²) in [6, 6.07) is 3.34. The van der Waals surface area contributed by atoms with E-state index in [1.54, 1.807) is 13.8 Å². The van der Waals surface area contributed by atoms with E-state index in [0.717, 1.165) is 12.8 Å². The Morgan fingerprint density at radius 1 is 1.24 bits per heavy atom. The predicted molar refractivity (Wildman–Crippen MR) is 130 cm³/mol. The summed E-state index contributed by atoms with van der Waals surface area (Å²) in [6.07, 6.45) is -0.411. The van der Waals surface area contributed by atoms with Crippen molar-refractivity contribution in [3.8, 4) is 17.0 Å². The summed E-state index contributed by atoms with van der Waals surface area (Å²) < 4.78 is 47.6. The van der Waals surface area contributed by atoms with Crippen LogP contribution in [0.3, 0.4) is 0 Å². The Kier molecular flexibility index (Phi) is 6.78. The Labute approximate surface area is 211 Å². The number of fused-ring (bicyclic) bond motifs is 1. The fourth-order valence-corrected chi connectivity index (χ4v) is 4.66. The van der Waals surface area contributed by atoms with Gasteiger partial charge in [0.1, 0.15) is 29.5 Å². The maximum atomic E-state index is 14.6. The first-order valence-electron chi connectivity index (χ1n) is 12.4. The first kappa shape index (κ1) is 25.0. The molecule has 196 valence electrons. The molecule has 3 aromatic rings. The molecule has 5 rings (SSSR count). The predicted octanol–water partition coefficient (Wildman–Crippen LogP) is 4.35. The van der Waals surface area contributed by atoms with Crippen molar-refractivity contribution in [3.05, 3.63) is 41.3 Å². The number of ether oxygens (including phenoxy) is 1. The molecule has 1 saturated carbocycles. The molecule has 8 nitrogen and oxygen atoms in total. The van der Waals surface area contributed by atoms with E-state index in [0.29, 0.717) is 40.7 Å². The van der Waals surface area contributed by atoms with E-state index in [1.807, 2.05) is 0 Å². The van der Waals surface area contributed by atoms with Gasteiger partial charge in [-0.1, -0.05) is 6.92 Å². The van der Waals surface area contributed by atoms with Crippen molar-refractivity contribution < 1.29 is 27.5 Å². The van der Waals surface area contributed by atoms with Gasteiger partial charge in [0.05, 0.1) is 30.3 Å². The van der Waals surface area contributed by atoms with Gasteiger partial charge in [-0.25, -0.2) is 23.1 Å². The number of likely N-dealkylation sites (tertiary alicyclic amines) is 1. The molecule has 0 unspecified atom stereocenters. The van der Waals surface area contributed by atoms with E-state index in [2.05, 4.69) is 20.3 Å². The quantitative estimate of drug-likeness (QED) is 0.465. The number of hydrogen-bond donors (Lipinski definition) is 2. The zero-order chi connectivity index (χ0) is 26.3. The molecule has 2 fully saturated rings. The highest BCUT2D eigenvalue weighted by atomic mass is 19.3. The molecular formula is C26H28F3N5O3. The number of carbonyl (C=O) groups is 2. The van der Waals surface area contributed by atoms with Crippen LogP contribution in [0.4, 0.5) is 13.2 Å². The Bertz CT molecular complexity index is 1340. The summed E-state index contributed by atoms with van der Waals surface area (Å²) >= 11 is 0. The summed E-state index contributed by atoms with van der Waals surface area (Å²) in [6.45, 7) is 3.88. The molecule has 2 atom stereocenters. The minimum atomic E-state index is -2.68. The standard InChI is InChI=1S/C26H28F3N5O3/c1-3-20(35)34-9-17(27)18(10-34)33-26(36)21-13(2)32-24-22(30-12-31-23(21)24)16-8-15(25(28)29)6-7-19(16)37-11-14-4-5-14/h6-8,12,14,17-18,25,32H,3-5,9-11H2,1-2H3,(H,33,36)/t17-,18+/m1/s1. The molecule has 0 radical (unpaired) electrons. The minimum absolute atomic E-state index is 0.0685. The van der Waals surface area contributed by atoms with Gasteiger partial charge in [0.15, 0.2) is 0 Å². The summed E-state index contributed by atoms with van der Waals surface area (Å²) in [5.74, 6) is 0.153. The van der Waals surface area contributed by atoms with E-state index in [4.69, 9.17) is 4.74 Å². The molecule has 1 aliphatic heterocycles. The van der Waals surface area contributed by atoms with Crippen LogP contribution in [0, 0.1) is 12.8 Å². The number of nitrogens with zero attached hydrogens (tertiary/aromatic N) is 3. The van der Waals surface area contributed by atoms with E-state index in [1.165, 1.54) is 29.4 Å². The number of hydrogen-bond acceptors (Lipinski definition) is 5. The summed E-state index contributed by atoms with van der Waals surface area (Å²) in [5, 5.41) is 2.70. The molecule has 2 amide bonds. The van der Waals surface area contributed by atoms with Crippen molar-refractivity contribution in [2.24, 2.45) is 5.92 Å². The molecule has 37 heavy (non-hydrogen) atoms. The molecule has 0 bridgehead atoms. The van der Waals surface area contributed by atoms with Gasteiger partial charge < -0.3 is 19.9 Å². The lowest BCUT2D eigenvalue weighted by Crippen LogP contribution is -2.42. The fraction of sp³-hybridized carbons (Fsp3) is 0.462. The monoisotopic (exact) mass is 515 g/mol. The van der Waals surface area contributed by atoms with E-state index >= 15 is 0 Å². The number of nitrogens with one attached hydrogen (secondary N) is 2. The average Bonchev–Trinajstić information content (AvgIpc) is 3.55. The Morgan fingerprint density at radius 3 is 2.73 bits per heavy atom. The van der Waals surface area contributed by atoms with Crippen molar-refractivity contribution in [2.75, 3.05) is 19.7 Å². The smallest absolute Gasteiger partial charge is 0.263 e. The maximum Gasteiger partial charge on any atom is 0.263 e. The number of amides is 2. The molecule has 2 N–H and O–H groups in total. The zero-order valence-electron chi connectivity index (χ0n) is 20.6. The Hall–Kier alpha value is -3.63. The third kappa shape index (κ3) is 4.99. The van der Waals surface area contributed by atoms with Gasteiger partial charge in [-0.15, -0.1) is 0 Å². The lowest BCUT2D eigenvalue weighted by molar-refractivity contribution is -0.130. The second kappa shape index (κ2) is 10.0. The first-order chi connectivity index (χ1) is 17.8. The molecule has 2 aliphatic rings. The van der Waals surface area contributed by atoms with Crippen LogP contribution in [0.1, 0.15) is 54.2 Å². The molecule has 1 aliphatic carbocycles. The third-order valence-electron chi connectivity index (χ3n) is 6.90. The topological polar surface area (TPSA) is 100 Å². The van der Waals surface area contributed by atoms with Gasteiger partial charge in [-0.3, -0.25) is 9.59 Å². The highest BCUT2D eigenvalue weighted by Crippen LogP contribution is 2.38. The van der Waals surface area contributed by atoms with Gasteiger partial charge in [0.2, 0.25) is 5.91 Å². The zero-order valence-corrected chi connectivity index (χ0v) is 20.6. The number of aryl methyl sites for hydroxylation is 1. The van der Waals surface area contributed by atoms with E-state index in [9.17, 15) is 22.8 Å². The maximum absolute atomic E-state index is 14.6. The van der Waals surface area contributed by atoms with Crippen LogP contribution in [0.25, 0.3) is 22.3 Å². The highest BCUT2D eigenvalue weighted by molar-refractivity contribution is 6.09. The highest BCUT2D eigenvalue weighted by Gasteiger charge is 2.36. The minimum Gasteiger partial charge on any atom is -0.493 e. The molecule has 2 aromatic heterocycles. The number of aromatic amines is 1. The number of alkyl halides is 3. The third-order valence-corrected chi connectivity index (χ3v) is 6.90. The molecular weight excluding hydrogens is 487 g/mol. The van der Waals surface area contributed by atoms with Crippen LogP contribution in [0.15, 0.2) is 24.5 Å². The number of benzene rings is 1. The second-order valence-electron chi connectivity index (χ2n) is 9.63. The van der Waals surface area contributed by atoms with Crippen LogP contribution < -0.4 is 10.1 Å². The van der Waals surface area contributed by atoms with Crippen LogP contribution in [0.2, 0.25) is 0 Å². The van der Waals surface area contributed by atoms with Gasteiger partial charge in [-0.05, 0) is 43.9 Å². The number of carbonyl (C=O) groups excluding carboxylic acids is 2. The number of halogens is 3. The Morgan fingerprint density at radius 2 is 2.03 bits per heavy atom. The van der Waals surface area contributed by atoms with Crippen LogP contribution >= 0.6 is 0 Å². The normalized spacial score (nSPS) is 19.6. The van der Waals surface area contributed by atoms with E-state index in [-0.39, 0.29) is 42.1 Å². The Balaban J connectivity index is 1.48. The number of H-pyrrole nitrogens is 1.